The van der Waals surface area contributed by atoms with Crippen LogP contribution in [0.15, 0.2) is 53.3 Å². The topological polar surface area (TPSA) is 59.8 Å². The maximum absolute atomic E-state index is 12.2. The van der Waals surface area contributed by atoms with Crippen LogP contribution in [0.3, 0.4) is 0 Å². The van der Waals surface area contributed by atoms with Crippen molar-refractivity contribution in [3.63, 3.8) is 0 Å². The van der Waals surface area contributed by atoms with Crippen LogP contribution in [0.25, 0.3) is 5.69 Å². The number of thiophene rings is 1. The second-order valence-corrected chi connectivity index (χ2v) is 7.29. The minimum Gasteiger partial charge on any atom is -0.348 e. The predicted molar refractivity (Wildman–Crippen MR) is 97.7 cm³/mol. The number of carbonyl (C=O) groups is 1. The molecule has 0 fully saturated rings. The van der Waals surface area contributed by atoms with Gasteiger partial charge >= 0.3 is 0 Å². The Hall–Kier alpha value is -2.12. The first kappa shape index (κ1) is 16.7. The van der Waals surface area contributed by atoms with Gasteiger partial charge in [-0.2, -0.15) is 0 Å². The van der Waals surface area contributed by atoms with E-state index in [1.54, 1.807) is 17.7 Å². The molecule has 0 spiro atoms. The van der Waals surface area contributed by atoms with Crippen molar-refractivity contribution in [3.8, 4) is 5.69 Å². The highest BCUT2D eigenvalue weighted by atomic mass is 32.2. The van der Waals surface area contributed by atoms with Crippen LogP contribution in [0.1, 0.15) is 23.4 Å². The molecular formula is C17H18N4OS2. The van der Waals surface area contributed by atoms with Crippen molar-refractivity contribution >= 4 is 29.0 Å². The lowest BCUT2D eigenvalue weighted by Gasteiger charge is -2.12. The molecule has 0 bridgehead atoms. The Kier molecular flexibility index (Phi) is 5.32. The number of nitrogens with one attached hydrogen (secondary N) is 1. The van der Waals surface area contributed by atoms with E-state index in [0.717, 1.165) is 16.1 Å². The number of thioether (sulfide) groups is 1. The number of aromatic nitrogens is 3. The summed E-state index contributed by atoms with van der Waals surface area (Å²) < 4.78 is 1.91. The third-order valence-electron chi connectivity index (χ3n) is 3.57. The van der Waals surface area contributed by atoms with Crippen LogP contribution < -0.4 is 5.32 Å². The lowest BCUT2D eigenvalue weighted by Crippen LogP contribution is -2.27. The van der Waals surface area contributed by atoms with E-state index in [9.17, 15) is 4.79 Å². The molecule has 1 atom stereocenters. The standard InChI is InChI=1S/C17H18N4OS2/c1-12-6-3-4-7-14(12)21-11-18-20-17(21)24-10-16(22)19-13(2)15-8-5-9-23-15/h3-9,11,13H,10H2,1-2H3,(H,19,22). The molecule has 0 saturated heterocycles. The van der Waals surface area contributed by atoms with Crippen molar-refractivity contribution in [2.45, 2.75) is 25.0 Å². The molecule has 1 N–H and O–H groups in total. The molecule has 24 heavy (non-hydrogen) atoms. The molecule has 0 aliphatic carbocycles. The van der Waals surface area contributed by atoms with Crippen molar-refractivity contribution in [2.24, 2.45) is 0 Å². The first-order valence-corrected chi connectivity index (χ1v) is 9.43. The number of nitrogens with zero attached hydrogens (tertiary/aromatic N) is 3. The molecule has 3 rings (SSSR count). The zero-order chi connectivity index (χ0) is 16.9. The fourth-order valence-corrected chi connectivity index (χ4v) is 3.81. The van der Waals surface area contributed by atoms with E-state index >= 15 is 0 Å². The smallest absolute Gasteiger partial charge is 0.230 e. The van der Waals surface area contributed by atoms with E-state index in [0.29, 0.717) is 10.9 Å². The summed E-state index contributed by atoms with van der Waals surface area (Å²) in [4.78, 5) is 13.3. The molecule has 0 saturated carbocycles. The normalized spacial score (nSPS) is 12.1. The minimum atomic E-state index is -0.0137. The van der Waals surface area contributed by atoms with E-state index in [1.807, 2.05) is 60.2 Å². The van der Waals surface area contributed by atoms with Crippen LogP contribution >= 0.6 is 23.1 Å². The van der Waals surface area contributed by atoms with Crippen molar-refractivity contribution < 1.29 is 4.79 Å². The monoisotopic (exact) mass is 358 g/mol. The van der Waals surface area contributed by atoms with E-state index in [4.69, 9.17) is 0 Å². The van der Waals surface area contributed by atoms with Crippen molar-refractivity contribution in [3.05, 3.63) is 58.5 Å². The van der Waals surface area contributed by atoms with Gasteiger partial charge in [0.05, 0.1) is 17.5 Å². The molecule has 1 unspecified atom stereocenters. The number of hydrogen-bond donors (Lipinski definition) is 1. The summed E-state index contributed by atoms with van der Waals surface area (Å²) in [6.45, 7) is 4.03. The number of rotatable bonds is 6. The zero-order valence-corrected chi connectivity index (χ0v) is 15.1. The van der Waals surface area contributed by atoms with Crippen LogP contribution in [0.5, 0.6) is 0 Å². The highest BCUT2D eigenvalue weighted by Crippen LogP contribution is 2.22. The lowest BCUT2D eigenvalue weighted by molar-refractivity contribution is -0.119. The Labute approximate surface area is 149 Å². The van der Waals surface area contributed by atoms with Gasteiger partial charge in [-0.05, 0) is 36.9 Å². The van der Waals surface area contributed by atoms with Gasteiger partial charge in [-0.25, -0.2) is 0 Å². The van der Waals surface area contributed by atoms with Gasteiger partial charge in [0.2, 0.25) is 5.91 Å². The fourth-order valence-electron chi connectivity index (χ4n) is 2.34. The van der Waals surface area contributed by atoms with Gasteiger partial charge in [0.15, 0.2) is 5.16 Å². The largest absolute Gasteiger partial charge is 0.348 e. The van der Waals surface area contributed by atoms with Crippen molar-refractivity contribution in [1.29, 1.82) is 0 Å². The Bertz CT molecular complexity index is 814. The Morgan fingerprint density at radius 3 is 2.92 bits per heavy atom. The SMILES string of the molecule is Cc1ccccc1-n1cnnc1SCC(=O)NC(C)c1cccs1. The molecule has 2 aromatic heterocycles. The second kappa shape index (κ2) is 7.63. The molecule has 124 valence electrons. The third kappa shape index (κ3) is 3.85. The molecule has 1 amide bonds. The highest BCUT2D eigenvalue weighted by Gasteiger charge is 2.14. The van der Waals surface area contributed by atoms with Crippen molar-refractivity contribution in [2.75, 3.05) is 5.75 Å². The van der Waals surface area contributed by atoms with Gasteiger partial charge in [-0.3, -0.25) is 9.36 Å². The predicted octanol–water partition coefficient (Wildman–Crippen LogP) is 3.61. The molecule has 2 heterocycles. The molecule has 7 heteroatoms. The minimum absolute atomic E-state index is 0.0137. The number of carbonyl (C=O) groups excluding carboxylic acids is 1. The Morgan fingerprint density at radius 1 is 1.33 bits per heavy atom. The van der Waals surface area contributed by atoms with Crippen LogP contribution in [0, 0.1) is 6.92 Å². The zero-order valence-electron chi connectivity index (χ0n) is 13.5. The van der Waals surface area contributed by atoms with Crippen LogP contribution in [0.2, 0.25) is 0 Å². The molecule has 1 aromatic carbocycles. The van der Waals surface area contributed by atoms with Crippen molar-refractivity contribution in [1.82, 2.24) is 20.1 Å². The van der Waals surface area contributed by atoms with E-state index in [2.05, 4.69) is 15.5 Å². The molecule has 0 aliphatic heterocycles. The summed E-state index contributed by atoms with van der Waals surface area (Å²) >= 11 is 3.03. The van der Waals surface area contributed by atoms with Crippen LogP contribution in [-0.4, -0.2) is 26.4 Å². The molecule has 0 radical (unpaired) electrons. The molecule has 5 nitrogen and oxygen atoms in total. The van der Waals surface area contributed by atoms with Gasteiger partial charge in [0.1, 0.15) is 6.33 Å². The summed E-state index contributed by atoms with van der Waals surface area (Å²) in [6, 6.07) is 12.1. The average Bonchev–Trinajstić information content (AvgIpc) is 3.25. The second-order valence-electron chi connectivity index (χ2n) is 5.36. The number of aryl methyl sites for hydroxylation is 1. The Morgan fingerprint density at radius 2 is 2.17 bits per heavy atom. The fraction of sp³-hybridized carbons (Fsp3) is 0.235. The molecule has 0 aliphatic rings. The van der Waals surface area contributed by atoms with Gasteiger partial charge in [-0.15, -0.1) is 21.5 Å². The van der Waals surface area contributed by atoms with Gasteiger partial charge in [0.25, 0.3) is 0 Å². The first-order chi connectivity index (χ1) is 11.6. The number of amides is 1. The van der Waals surface area contributed by atoms with Gasteiger partial charge in [-0.1, -0.05) is 36.0 Å². The summed E-state index contributed by atoms with van der Waals surface area (Å²) in [5, 5.41) is 13.8. The van der Waals surface area contributed by atoms with Gasteiger partial charge in [0, 0.05) is 4.88 Å². The number of benzene rings is 1. The third-order valence-corrected chi connectivity index (χ3v) is 5.57. The molecular weight excluding hydrogens is 340 g/mol. The van der Waals surface area contributed by atoms with Crippen LogP contribution in [-0.2, 0) is 4.79 Å². The summed E-state index contributed by atoms with van der Waals surface area (Å²) in [7, 11) is 0. The highest BCUT2D eigenvalue weighted by molar-refractivity contribution is 7.99. The summed E-state index contributed by atoms with van der Waals surface area (Å²) in [5.74, 6) is 0.292. The van der Waals surface area contributed by atoms with Crippen LogP contribution in [0.4, 0.5) is 0 Å². The lowest BCUT2D eigenvalue weighted by atomic mass is 10.2. The van der Waals surface area contributed by atoms with E-state index in [1.165, 1.54) is 11.8 Å². The van der Waals surface area contributed by atoms with E-state index in [-0.39, 0.29) is 11.9 Å². The number of hydrogen-bond acceptors (Lipinski definition) is 5. The molecule has 3 aromatic rings. The summed E-state index contributed by atoms with van der Waals surface area (Å²) in [6.07, 6.45) is 1.68. The number of para-hydroxylation sites is 1. The average molecular weight is 358 g/mol. The van der Waals surface area contributed by atoms with E-state index < -0.39 is 0 Å². The maximum Gasteiger partial charge on any atom is 0.230 e. The Balaban J connectivity index is 1.63. The van der Waals surface area contributed by atoms with Gasteiger partial charge < -0.3 is 5.32 Å². The summed E-state index contributed by atoms with van der Waals surface area (Å²) in [5.41, 5.74) is 2.16. The quantitative estimate of drug-likeness (QED) is 0.684. The maximum atomic E-state index is 12.2. The first-order valence-electron chi connectivity index (χ1n) is 7.56.